The Morgan fingerprint density at radius 2 is 2.22 bits per heavy atom. The molecule has 0 aromatic carbocycles. The number of hydrogen-bond donors (Lipinski definition) is 1. The molecular formula is C11H18N4O2S. The highest BCUT2D eigenvalue weighted by Crippen LogP contribution is 2.21. The molecular weight excluding hydrogens is 252 g/mol. The van der Waals surface area contributed by atoms with Crippen LogP contribution in [0.4, 0.5) is 5.82 Å². The van der Waals surface area contributed by atoms with Crippen LogP contribution in [0.2, 0.25) is 0 Å². The number of anilines is 1. The molecule has 0 radical (unpaired) electrons. The van der Waals surface area contributed by atoms with Crippen molar-refractivity contribution in [2.75, 3.05) is 18.8 Å². The van der Waals surface area contributed by atoms with Crippen molar-refractivity contribution < 1.29 is 8.42 Å². The van der Waals surface area contributed by atoms with Crippen molar-refractivity contribution in [3.05, 3.63) is 6.20 Å². The molecule has 1 heterocycles. The molecule has 0 unspecified atom stereocenters. The second kappa shape index (κ2) is 5.89. The van der Waals surface area contributed by atoms with E-state index in [4.69, 9.17) is 12.2 Å². The van der Waals surface area contributed by atoms with E-state index in [0.29, 0.717) is 19.5 Å². The highest BCUT2D eigenvalue weighted by atomic mass is 32.2. The lowest BCUT2D eigenvalue weighted by Crippen LogP contribution is -2.32. The Labute approximate surface area is 108 Å². The van der Waals surface area contributed by atoms with Crippen molar-refractivity contribution in [3.8, 4) is 12.3 Å². The fraction of sp³-hybridized carbons (Fsp3) is 0.545. The first-order valence-electron chi connectivity index (χ1n) is 5.73. The Morgan fingerprint density at radius 1 is 1.56 bits per heavy atom. The van der Waals surface area contributed by atoms with Crippen LogP contribution in [0, 0.1) is 12.3 Å². The Kier molecular flexibility index (Phi) is 4.76. The number of nitrogens with zero attached hydrogens (tertiary/aromatic N) is 3. The van der Waals surface area contributed by atoms with Crippen molar-refractivity contribution in [3.63, 3.8) is 0 Å². The smallest absolute Gasteiger partial charge is 0.249 e. The van der Waals surface area contributed by atoms with Gasteiger partial charge in [0.2, 0.25) is 10.0 Å². The normalized spacial score (nSPS) is 11.7. The molecule has 1 rings (SSSR count). The molecule has 0 atom stereocenters. The largest absolute Gasteiger partial charge is 0.381 e. The first-order chi connectivity index (χ1) is 8.47. The number of nitrogens with two attached hydrogens (primary N) is 1. The summed E-state index contributed by atoms with van der Waals surface area (Å²) in [6.45, 7) is 4.70. The van der Waals surface area contributed by atoms with Crippen LogP contribution >= 0.6 is 0 Å². The lowest BCUT2D eigenvalue weighted by Gasteiger charge is -2.18. The van der Waals surface area contributed by atoms with Crippen molar-refractivity contribution >= 4 is 15.8 Å². The lowest BCUT2D eigenvalue weighted by molar-refractivity contribution is 0.446. The summed E-state index contributed by atoms with van der Waals surface area (Å²) in [6.07, 6.45) is 7.31. The van der Waals surface area contributed by atoms with Gasteiger partial charge in [0.1, 0.15) is 4.90 Å². The number of rotatable bonds is 6. The third kappa shape index (κ3) is 2.83. The summed E-state index contributed by atoms with van der Waals surface area (Å²) in [6, 6.07) is 0. The number of terminal acetylenes is 1. The Hall–Kier alpha value is -1.52. The molecule has 7 heteroatoms. The van der Waals surface area contributed by atoms with E-state index in [9.17, 15) is 8.42 Å². The third-order valence-electron chi connectivity index (χ3n) is 2.44. The molecule has 1 aromatic rings. The number of sulfonamides is 1. The van der Waals surface area contributed by atoms with E-state index in [1.807, 2.05) is 13.8 Å². The minimum Gasteiger partial charge on any atom is -0.381 e. The molecule has 0 aliphatic rings. The predicted molar refractivity (Wildman–Crippen MR) is 70.2 cm³/mol. The van der Waals surface area contributed by atoms with Crippen LogP contribution in [0.5, 0.6) is 0 Å². The van der Waals surface area contributed by atoms with Gasteiger partial charge in [0.25, 0.3) is 0 Å². The van der Waals surface area contributed by atoms with E-state index < -0.39 is 10.0 Å². The summed E-state index contributed by atoms with van der Waals surface area (Å²) in [7, 11) is -3.66. The summed E-state index contributed by atoms with van der Waals surface area (Å²) in [5, 5.41) is 3.94. The fourth-order valence-corrected chi connectivity index (χ4v) is 3.06. The van der Waals surface area contributed by atoms with Gasteiger partial charge >= 0.3 is 0 Å². The summed E-state index contributed by atoms with van der Waals surface area (Å²) >= 11 is 0. The van der Waals surface area contributed by atoms with Gasteiger partial charge in [-0.3, -0.25) is 4.68 Å². The maximum Gasteiger partial charge on any atom is 0.249 e. The zero-order valence-corrected chi connectivity index (χ0v) is 11.4. The molecule has 100 valence electrons. The van der Waals surface area contributed by atoms with Crippen LogP contribution in [0.25, 0.3) is 0 Å². The molecule has 18 heavy (non-hydrogen) atoms. The monoisotopic (exact) mass is 270 g/mol. The van der Waals surface area contributed by atoms with Crippen LogP contribution in [0.1, 0.15) is 20.3 Å². The van der Waals surface area contributed by atoms with Crippen LogP contribution in [-0.2, 0) is 16.6 Å². The molecule has 1 aromatic heterocycles. The minimum absolute atomic E-state index is 0.00924. The van der Waals surface area contributed by atoms with Crippen LogP contribution in [0.3, 0.4) is 0 Å². The molecule has 0 aliphatic carbocycles. The number of aromatic nitrogens is 2. The van der Waals surface area contributed by atoms with E-state index in [0.717, 1.165) is 0 Å². The lowest BCUT2D eigenvalue weighted by atomic mass is 10.5. The second-order valence-electron chi connectivity index (χ2n) is 3.78. The van der Waals surface area contributed by atoms with Crippen molar-refractivity contribution in [1.82, 2.24) is 14.1 Å². The Balaban J connectivity index is 3.17. The average Bonchev–Trinajstić information content (AvgIpc) is 2.71. The van der Waals surface area contributed by atoms with Crippen molar-refractivity contribution in [2.24, 2.45) is 0 Å². The number of aryl methyl sites for hydroxylation is 1. The molecule has 0 saturated heterocycles. The van der Waals surface area contributed by atoms with Crippen molar-refractivity contribution in [2.45, 2.75) is 31.7 Å². The quantitative estimate of drug-likeness (QED) is 0.764. The zero-order chi connectivity index (χ0) is 13.8. The van der Waals surface area contributed by atoms with Gasteiger partial charge in [-0.1, -0.05) is 12.8 Å². The number of hydrogen-bond acceptors (Lipinski definition) is 4. The zero-order valence-electron chi connectivity index (χ0n) is 10.6. The maximum atomic E-state index is 12.4. The van der Waals surface area contributed by atoms with E-state index >= 15 is 0 Å². The first-order valence-corrected chi connectivity index (χ1v) is 7.17. The SMILES string of the molecule is C#CCN(CCC)S(=O)(=O)c1cn(CC)nc1N. The van der Waals surface area contributed by atoms with Gasteiger partial charge in [-0.15, -0.1) is 6.42 Å². The van der Waals surface area contributed by atoms with Crippen LogP contribution in [-0.4, -0.2) is 35.6 Å². The van der Waals surface area contributed by atoms with Gasteiger partial charge in [-0.05, 0) is 13.3 Å². The Morgan fingerprint density at radius 3 is 2.67 bits per heavy atom. The standard InChI is InChI=1S/C11H18N4O2S/c1-4-7-15(8-5-2)18(16,17)10-9-14(6-3)13-11(10)12/h1,9H,5-8H2,2-3H3,(H2,12,13). The molecule has 0 fully saturated rings. The first kappa shape index (κ1) is 14.5. The van der Waals surface area contributed by atoms with Gasteiger partial charge < -0.3 is 5.73 Å². The molecule has 0 saturated carbocycles. The number of nitrogen functional groups attached to an aromatic ring is 1. The molecule has 0 amide bonds. The van der Waals surface area contributed by atoms with Crippen LogP contribution in [0.15, 0.2) is 11.1 Å². The van der Waals surface area contributed by atoms with Crippen molar-refractivity contribution in [1.29, 1.82) is 0 Å². The topological polar surface area (TPSA) is 81.2 Å². The van der Waals surface area contributed by atoms with Crippen LogP contribution < -0.4 is 5.73 Å². The fourth-order valence-electron chi connectivity index (χ4n) is 1.55. The average molecular weight is 270 g/mol. The van der Waals surface area contributed by atoms with E-state index in [1.165, 1.54) is 15.2 Å². The molecule has 6 nitrogen and oxygen atoms in total. The van der Waals surface area contributed by atoms with E-state index in [-0.39, 0.29) is 17.3 Å². The molecule has 2 N–H and O–H groups in total. The highest BCUT2D eigenvalue weighted by molar-refractivity contribution is 7.89. The molecule has 0 spiro atoms. The van der Waals surface area contributed by atoms with Gasteiger partial charge in [-0.2, -0.15) is 9.40 Å². The summed E-state index contributed by atoms with van der Waals surface area (Å²) in [5.74, 6) is 2.36. The van der Waals surface area contributed by atoms with E-state index in [2.05, 4.69) is 11.0 Å². The van der Waals surface area contributed by atoms with Gasteiger partial charge in [0.05, 0.1) is 6.54 Å². The Bertz CT molecular complexity index is 542. The maximum absolute atomic E-state index is 12.4. The van der Waals surface area contributed by atoms with Gasteiger partial charge in [-0.25, -0.2) is 8.42 Å². The minimum atomic E-state index is -3.66. The highest BCUT2D eigenvalue weighted by Gasteiger charge is 2.27. The van der Waals surface area contributed by atoms with Gasteiger partial charge in [0.15, 0.2) is 5.82 Å². The van der Waals surface area contributed by atoms with Gasteiger partial charge in [0, 0.05) is 19.3 Å². The summed E-state index contributed by atoms with van der Waals surface area (Å²) < 4.78 is 27.4. The summed E-state index contributed by atoms with van der Waals surface area (Å²) in [5.41, 5.74) is 5.64. The molecule has 0 aliphatic heterocycles. The summed E-state index contributed by atoms with van der Waals surface area (Å²) in [4.78, 5) is 0.0213. The third-order valence-corrected chi connectivity index (χ3v) is 4.30. The predicted octanol–water partition coefficient (Wildman–Crippen LogP) is 0.519. The van der Waals surface area contributed by atoms with E-state index in [1.54, 1.807) is 0 Å². The molecule has 0 bridgehead atoms. The second-order valence-corrected chi connectivity index (χ2v) is 5.68.